The van der Waals surface area contributed by atoms with Crippen LogP contribution in [0.5, 0.6) is 0 Å². The van der Waals surface area contributed by atoms with E-state index in [0.717, 1.165) is 62.1 Å². The number of hydrogen-bond donors (Lipinski definition) is 0. The molecule has 2 aromatic carbocycles. The Morgan fingerprint density at radius 1 is 1.06 bits per heavy atom. The molecule has 0 aromatic heterocycles. The van der Waals surface area contributed by atoms with E-state index < -0.39 is 5.41 Å². The maximum Gasteiger partial charge on any atom is 0.316 e. The Hall–Kier alpha value is -1.69. The quantitative estimate of drug-likeness (QED) is 0.430. The Morgan fingerprint density at radius 3 is 2.38 bits per heavy atom. The molecule has 1 unspecified atom stereocenters. The Morgan fingerprint density at radius 2 is 1.75 bits per heavy atom. The second-order valence-corrected chi connectivity index (χ2v) is 10.3. The number of carbonyl (C=O) groups excluding carboxylic acids is 1. The lowest BCUT2D eigenvalue weighted by Gasteiger charge is -2.38. The number of aryl methyl sites for hydroxylation is 1. The topological polar surface area (TPSA) is 32.8 Å². The highest BCUT2D eigenvalue weighted by molar-refractivity contribution is 9.10. The molecule has 1 fully saturated rings. The zero-order valence-corrected chi connectivity index (χ0v) is 21.5. The minimum atomic E-state index is -0.620. The van der Waals surface area contributed by atoms with Gasteiger partial charge in [0.25, 0.3) is 0 Å². The predicted molar refractivity (Wildman–Crippen MR) is 135 cm³/mol. The standard InChI is InChI=1S/C27H37BrN2O2/c1-21(2)27(26(31)32-4,24-10-6-11-25(28)19-24)12-7-13-29-14-16-30(17-15-29)20-23-9-5-8-22(3)18-23/h5-6,8-11,18-19,21H,7,12-17,20H2,1-4H3. The number of esters is 1. The average molecular weight is 502 g/mol. The lowest BCUT2D eigenvalue weighted by Crippen LogP contribution is -2.47. The first kappa shape index (κ1) is 24.9. The summed E-state index contributed by atoms with van der Waals surface area (Å²) in [6.07, 6.45) is 1.76. The first-order valence-corrected chi connectivity index (χ1v) is 12.5. The van der Waals surface area contributed by atoms with Gasteiger partial charge in [-0.25, -0.2) is 0 Å². The molecule has 5 heteroatoms. The van der Waals surface area contributed by atoms with Gasteiger partial charge in [0.1, 0.15) is 0 Å². The third-order valence-electron chi connectivity index (χ3n) is 6.87. The Labute approximate surface area is 202 Å². The van der Waals surface area contributed by atoms with Gasteiger partial charge < -0.3 is 9.64 Å². The van der Waals surface area contributed by atoms with Crippen molar-refractivity contribution in [2.45, 2.75) is 45.6 Å². The number of ether oxygens (including phenoxy) is 1. The first-order valence-electron chi connectivity index (χ1n) is 11.7. The van der Waals surface area contributed by atoms with Gasteiger partial charge >= 0.3 is 5.97 Å². The summed E-state index contributed by atoms with van der Waals surface area (Å²) in [5.41, 5.74) is 3.14. The largest absolute Gasteiger partial charge is 0.468 e. The van der Waals surface area contributed by atoms with Crippen LogP contribution in [-0.4, -0.2) is 55.6 Å². The minimum absolute atomic E-state index is 0.131. The molecule has 3 rings (SSSR count). The van der Waals surface area contributed by atoms with Crippen molar-refractivity contribution in [1.82, 2.24) is 9.80 Å². The van der Waals surface area contributed by atoms with Gasteiger partial charge in [0.2, 0.25) is 0 Å². The molecule has 0 radical (unpaired) electrons. The first-order chi connectivity index (χ1) is 15.3. The van der Waals surface area contributed by atoms with E-state index in [-0.39, 0.29) is 11.9 Å². The molecule has 1 saturated heterocycles. The van der Waals surface area contributed by atoms with Crippen molar-refractivity contribution >= 4 is 21.9 Å². The van der Waals surface area contributed by atoms with Crippen molar-refractivity contribution in [3.63, 3.8) is 0 Å². The normalized spacial score (nSPS) is 17.3. The molecule has 32 heavy (non-hydrogen) atoms. The summed E-state index contributed by atoms with van der Waals surface area (Å²) in [4.78, 5) is 18.1. The summed E-state index contributed by atoms with van der Waals surface area (Å²) < 4.78 is 6.31. The second-order valence-electron chi connectivity index (χ2n) is 9.34. The Kier molecular flexibility index (Phi) is 8.92. The van der Waals surface area contributed by atoms with Crippen LogP contribution in [-0.2, 0) is 21.5 Å². The molecule has 0 N–H and O–H groups in total. The maximum atomic E-state index is 13.1. The molecule has 4 nitrogen and oxygen atoms in total. The number of piperazine rings is 1. The van der Waals surface area contributed by atoms with Gasteiger partial charge in [-0.05, 0) is 55.5 Å². The van der Waals surface area contributed by atoms with Crippen LogP contribution in [0.1, 0.15) is 43.4 Å². The number of rotatable bonds is 9. The highest BCUT2D eigenvalue weighted by Gasteiger charge is 2.44. The van der Waals surface area contributed by atoms with Gasteiger partial charge in [0, 0.05) is 37.2 Å². The molecule has 0 aliphatic carbocycles. The fourth-order valence-corrected chi connectivity index (χ4v) is 5.39. The van der Waals surface area contributed by atoms with E-state index in [4.69, 9.17) is 4.74 Å². The highest BCUT2D eigenvalue weighted by Crippen LogP contribution is 2.39. The van der Waals surface area contributed by atoms with Crippen LogP contribution in [0.25, 0.3) is 0 Å². The highest BCUT2D eigenvalue weighted by atomic mass is 79.9. The van der Waals surface area contributed by atoms with Crippen molar-refractivity contribution in [2.24, 2.45) is 5.92 Å². The zero-order valence-electron chi connectivity index (χ0n) is 19.9. The molecule has 1 atom stereocenters. The molecule has 1 heterocycles. The third-order valence-corrected chi connectivity index (χ3v) is 7.37. The van der Waals surface area contributed by atoms with Gasteiger partial charge in [-0.3, -0.25) is 9.69 Å². The van der Waals surface area contributed by atoms with Gasteiger partial charge in [-0.15, -0.1) is 0 Å². The number of benzene rings is 2. The lowest BCUT2D eigenvalue weighted by atomic mass is 9.68. The van der Waals surface area contributed by atoms with Gasteiger partial charge in [-0.1, -0.05) is 71.7 Å². The molecule has 0 saturated carbocycles. The van der Waals surface area contributed by atoms with Crippen LogP contribution < -0.4 is 0 Å². The van der Waals surface area contributed by atoms with Crippen LogP contribution in [0, 0.1) is 12.8 Å². The number of nitrogens with zero attached hydrogens (tertiary/aromatic N) is 2. The molecule has 174 valence electrons. The van der Waals surface area contributed by atoms with E-state index in [0.29, 0.717) is 0 Å². The third kappa shape index (κ3) is 6.00. The lowest BCUT2D eigenvalue weighted by molar-refractivity contribution is -0.150. The van der Waals surface area contributed by atoms with Crippen LogP contribution in [0.3, 0.4) is 0 Å². The van der Waals surface area contributed by atoms with Crippen LogP contribution in [0.2, 0.25) is 0 Å². The van der Waals surface area contributed by atoms with E-state index in [1.54, 1.807) is 0 Å². The summed E-state index contributed by atoms with van der Waals surface area (Å²) in [5.74, 6) is 0.0176. The van der Waals surface area contributed by atoms with Crippen LogP contribution in [0.4, 0.5) is 0 Å². The zero-order chi connectivity index (χ0) is 23.1. The molecular formula is C27H37BrN2O2. The minimum Gasteiger partial charge on any atom is -0.468 e. The Balaban J connectivity index is 1.58. The van der Waals surface area contributed by atoms with E-state index in [2.05, 4.69) is 82.9 Å². The van der Waals surface area contributed by atoms with E-state index in [9.17, 15) is 4.79 Å². The number of hydrogen-bond acceptors (Lipinski definition) is 4. The monoisotopic (exact) mass is 500 g/mol. The number of halogens is 1. The van der Waals surface area contributed by atoms with Crippen molar-refractivity contribution in [3.8, 4) is 0 Å². The Bertz CT molecular complexity index is 893. The van der Waals surface area contributed by atoms with Gasteiger partial charge in [-0.2, -0.15) is 0 Å². The van der Waals surface area contributed by atoms with E-state index in [1.807, 2.05) is 12.1 Å². The second kappa shape index (κ2) is 11.4. The fraction of sp³-hybridized carbons (Fsp3) is 0.519. The number of carbonyl (C=O) groups is 1. The van der Waals surface area contributed by atoms with E-state index in [1.165, 1.54) is 18.2 Å². The van der Waals surface area contributed by atoms with E-state index >= 15 is 0 Å². The molecular weight excluding hydrogens is 464 g/mol. The summed E-state index contributed by atoms with van der Waals surface area (Å²) in [6, 6.07) is 16.9. The van der Waals surface area contributed by atoms with Crippen molar-refractivity contribution in [1.29, 1.82) is 0 Å². The molecule has 1 aliphatic rings. The van der Waals surface area contributed by atoms with Gasteiger partial charge in [0.15, 0.2) is 0 Å². The maximum absolute atomic E-state index is 13.1. The molecule has 0 bridgehead atoms. The molecule has 1 aliphatic heterocycles. The summed E-state index contributed by atoms with van der Waals surface area (Å²) in [7, 11) is 1.50. The van der Waals surface area contributed by atoms with Gasteiger partial charge in [0.05, 0.1) is 12.5 Å². The van der Waals surface area contributed by atoms with Crippen molar-refractivity contribution in [3.05, 3.63) is 69.7 Å². The smallest absolute Gasteiger partial charge is 0.316 e. The summed E-state index contributed by atoms with van der Waals surface area (Å²) in [5, 5.41) is 0. The fourth-order valence-electron chi connectivity index (χ4n) is 4.99. The van der Waals surface area contributed by atoms with Crippen LogP contribution in [0.15, 0.2) is 53.0 Å². The number of methoxy groups -OCH3 is 1. The average Bonchev–Trinajstić information content (AvgIpc) is 2.77. The molecule has 0 amide bonds. The summed E-state index contributed by atoms with van der Waals surface area (Å²) >= 11 is 3.57. The predicted octanol–water partition coefficient (Wildman–Crippen LogP) is 5.42. The van der Waals surface area contributed by atoms with Crippen molar-refractivity contribution < 1.29 is 9.53 Å². The summed E-state index contributed by atoms with van der Waals surface area (Å²) in [6.45, 7) is 12.8. The van der Waals surface area contributed by atoms with Crippen LogP contribution >= 0.6 is 15.9 Å². The molecule has 2 aromatic rings. The van der Waals surface area contributed by atoms with Crippen molar-refractivity contribution in [2.75, 3.05) is 39.8 Å². The SMILES string of the molecule is COC(=O)C(CCCN1CCN(Cc2cccc(C)c2)CC1)(c1cccc(Br)c1)C(C)C. The molecule has 0 spiro atoms.